The summed E-state index contributed by atoms with van der Waals surface area (Å²) in [5, 5.41) is 0. The van der Waals surface area contributed by atoms with Crippen LogP contribution in [0.5, 0.6) is 0 Å². The van der Waals surface area contributed by atoms with Gasteiger partial charge in [-0.15, -0.1) is 0 Å². The van der Waals surface area contributed by atoms with Crippen molar-refractivity contribution in [3.63, 3.8) is 0 Å². The van der Waals surface area contributed by atoms with Gasteiger partial charge in [-0.3, -0.25) is 0 Å². The maximum absolute atomic E-state index is 6.20. The Hall–Kier alpha value is -3.63. The minimum atomic E-state index is 0.413. The van der Waals surface area contributed by atoms with Gasteiger partial charge in [0.25, 0.3) is 0 Å². The number of pyridine rings is 1. The van der Waals surface area contributed by atoms with Gasteiger partial charge in [-0.05, 0) is 36.1 Å². The lowest BCUT2D eigenvalue weighted by Crippen LogP contribution is -2.36. The maximum Gasteiger partial charge on any atom is 0.151 e. The first-order valence-electron chi connectivity index (χ1n) is 10.3. The fourth-order valence-corrected chi connectivity index (χ4v) is 3.55. The highest BCUT2D eigenvalue weighted by molar-refractivity contribution is 5.70. The Kier molecular flexibility index (Phi) is 6.29. The van der Waals surface area contributed by atoms with E-state index < -0.39 is 0 Å². The van der Waals surface area contributed by atoms with Gasteiger partial charge in [0.15, 0.2) is 5.82 Å². The molecule has 0 bridgehead atoms. The molecule has 7 nitrogen and oxygen atoms in total. The van der Waals surface area contributed by atoms with E-state index in [0.717, 1.165) is 43.4 Å². The smallest absolute Gasteiger partial charge is 0.151 e. The van der Waals surface area contributed by atoms with Crippen LogP contribution in [0.15, 0.2) is 48.9 Å². The number of ether oxygens (including phenoxy) is 1. The van der Waals surface area contributed by atoms with E-state index in [0.29, 0.717) is 18.1 Å². The SMILES string of the molecule is Cc1ccccc1CN(C)c1c(N)ncnc1C#Cc1ccc(N2CCOCC2)nc1. The van der Waals surface area contributed by atoms with Gasteiger partial charge in [-0.1, -0.05) is 30.2 Å². The van der Waals surface area contributed by atoms with Crippen molar-refractivity contribution in [1.29, 1.82) is 0 Å². The largest absolute Gasteiger partial charge is 0.382 e. The molecule has 0 radical (unpaired) electrons. The summed E-state index contributed by atoms with van der Waals surface area (Å²) in [5.41, 5.74) is 10.8. The lowest BCUT2D eigenvalue weighted by Gasteiger charge is -2.27. The molecule has 1 aliphatic rings. The quantitative estimate of drug-likeness (QED) is 0.658. The maximum atomic E-state index is 6.20. The van der Waals surface area contributed by atoms with E-state index in [1.54, 1.807) is 6.20 Å². The number of hydrogen-bond donors (Lipinski definition) is 1. The molecule has 1 aliphatic heterocycles. The second kappa shape index (κ2) is 9.45. The van der Waals surface area contributed by atoms with Gasteiger partial charge < -0.3 is 20.3 Å². The summed E-state index contributed by atoms with van der Waals surface area (Å²) in [5.74, 6) is 7.67. The zero-order valence-electron chi connectivity index (χ0n) is 17.9. The molecule has 2 N–H and O–H groups in total. The number of nitrogen functional groups attached to an aromatic ring is 1. The Morgan fingerprint density at radius 2 is 1.87 bits per heavy atom. The summed E-state index contributed by atoms with van der Waals surface area (Å²) in [7, 11) is 1.98. The predicted octanol–water partition coefficient (Wildman–Crippen LogP) is 2.64. The van der Waals surface area contributed by atoms with Crippen molar-refractivity contribution in [3.05, 3.63) is 71.3 Å². The molecule has 3 heterocycles. The second-order valence-corrected chi connectivity index (χ2v) is 7.49. The van der Waals surface area contributed by atoms with E-state index in [-0.39, 0.29) is 0 Å². The van der Waals surface area contributed by atoms with Crippen molar-refractivity contribution in [2.75, 3.05) is 48.9 Å². The fourth-order valence-electron chi connectivity index (χ4n) is 3.55. The number of nitrogens with two attached hydrogens (primary N) is 1. The van der Waals surface area contributed by atoms with Crippen LogP contribution >= 0.6 is 0 Å². The van der Waals surface area contributed by atoms with E-state index >= 15 is 0 Å². The number of nitrogens with zero attached hydrogens (tertiary/aromatic N) is 5. The number of rotatable bonds is 4. The van der Waals surface area contributed by atoms with Gasteiger partial charge in [-0.2, -0.15) is 0 Å². The topological polar surface area (TPSA) is 80.4 Å². The monoisotopic (exact) mass is 414 g/mol. The van der Waals surface area contributed by atoms with Crippen LogP contribution in [0.4, 0.5) is 17.3 Å². The van der Waals surface area contributed by atoms with Crippen LogP contribution in [-0.4, -0.2) is 48.3 Å². The lowest BCUT2D eigenvalue weighted by molar-refractivity contribution is 0.122. The van der Waals surface area contributed by atoms with Crippen molar-refractivity contribution in [3.8, 4) is 11.8 Å². The van der Waals surface area contributed by atoms with Crippen molar-refractivity contribution in [2.45, 2.75) is 13.5 Å². The Bertz CT molecular complexity index is 1100. The molecule has 0 spiro atoms. The standard InChI is InChI=1S/C24H26N6O/c1-18-5-3-4-6-20(18)16-29(2)23-21(27-17-28-24(23)25)9-7-19-8-10-22(26-15-19)30-11-13-31-14-12-30/h3-6,8,10,15,17H,11-14,16H2,1-2H3,(H2,25,27,28). The zero-order chi connectivity index (χ0) is 21.6. The van der Waals surface area contributed by atoms with Crippen LogP contribution in [0.25, 0.3) is 0 Å². The molecule has 1 saturated heterocycles. The summed E-state index contributed by atoms with van der Waals surface area (Å²) < 4.78 is 5.40. The predicted molar refractivity (Wildman–Crippen MR) is 123 cm³/mol. The number of aromatic nitrogens is 3. The van der Waals surface area contributed by atoms with Gasteiger partial charge >= 0.3 is 0 Å². The van der Waals surface area contributed by atoms with Crippen LogP contribution in [0, 0.1) is 18.8 Å². The summed E-state index contributed by atoms with van der Waals surface area (Å²) >= 11 is 0. The number of anilines is 3. The number of aryl methyl sites for hydroxylation is 1. The van der Waals surface area contributed by atoms with E-state index in [4.69, 9.17) is 10.5 Å². The third kappa shape index (κ3) is 4.93. The van der Waals surface area contributed by atoms with Crippen molar-refractivity contribution in [1.82, 2.24) is 15.0 Å². The van der Waals surface area contributed by atoms with E-state index in [9.17, 15) is 0 Å². The number of hydrogen-bond acceptors (Lipinski definition) is 7. The van der Waals surface area contributed by atoms with Gasteiger partial charge in [-0.25, -0.2) is 15.0 Å². The summed E-state index contributed by atoms with van der Waals surface area (Å²) in [4.78, 5) is 17.4. The normalized spacial score (nSPS) is 13.4. The van der Waals surface area contributed by atoms with Crippen LogP contribution < -0.4 is 15.5 Å². The molecule has 0 atom stereocenters. The zero-order valence-corrected chi connectivity index (χ0v) is 17.9. The van der Waals surface area contributed by atoms with Gasteiger partial charge in [0.1, 0.15) is 23.5 Å². The molecule has 1 fully saturated rings. The molecule has 158 valence electrons. The molecule has 4 rings (SSSR count). The Morgan fingerprint density at radius 1 is 1.06 bits per heavy atom. The average Bonchev–Trinajstić information content (AvgIpc) is 2.80. The summed E-state index contributed by atoms with van der Waals surface area (Å²) in [6.07, 6.45) is 3.24. The molecule has 7 heteroatoms. The third-order valence-corrected chi connectivity index (χ3v) is 5.31. The minimum Gasteiger partial charge on any atom is -0.382 e. The second-order valence-electron chi connectivity index (χ2n) is 7.49. The highest BCUT2D eigenvalue weighted by Gasteiger charge is 2.14. The van der Waals surface area contributed by atoms with Gasteiger partial charge in [0.2, 0.25) is 0 Å². The van der Waals surface area contributed by atoms with Crippen LogP contribution in [0.2, 0.25) is 0 Å². The fraction of sp³-hybridized carbons (Fsp3) is 0.292. The molecule has 0 aliphatic carbocycles. The molecule has 0 amide bonds. The van der Waals surface area contributed by atoms with Crippen LogP contribution in [0.1, 0.15) is 22.4 Å². The van der Waals surface area contributed by atoms with E-state index in [2.05, 4.69) is 50.7 Å². The molecular weight excluding hydrogens is 388 g/mol. The molecule has 1 aromatic carbocycles. The van der Waals surface area contributed by atoms with E-state index in [1.807, 2.05) is 36.2 Å². The first kappa shape index (κ1) is 20.6. The van der Waals surface area contributed by atoms with Crippen molar-refractivity contribution < 1.29 is 4.74 Å². The minimum absolute atomic E-state index is 0.413. The van der Waals surface area contributed by atoms with Gasteiger partial charge in [0, 0.05) is 38.4 Å². The Labute approximate surface area is 182 Å². The Morgan fingerprint density at radius 3 is 2.61 bits per heavy atom. The van der Waals surface area contributed by atoms with Crippen molar-refractivity contribution >= 4 is 17.3 Å². The molecule has 31 heavy (non-hydrogen) atoms. The molecule has 3 aromatic rings. The first-order valence-corrected chi connectivity index (χ1v) is 10.3. The molecular formula is C24H26N6O. The average molecular weight is 415 g/mol. The van der Waals surface area contributed by atoms with Crippen LogP contribution in [0.3, 0.4) is 0 Å². The van der Waals surface area contributed by atoms with E-state index in [1.165, 1.54) is 17.5 Å². The summed E-state index contributed by atoms with van der Waals surface area (Å²) in [6.45, 7) is 5.97. The molecule has 0 unspecified atom stereocenters. The van der Waals surface area contributed by atoms with Gasteiger partial charge in [0.05, 0.1) is 13.2 Å². The lowest BCUT2D eigenvalue weighted by atomic mass is 10.1. The van der Waals surface area contributed by atoms with Crippen LogP contribution in [-0.2, 0) is 11.3 Å². The highest BCUT2D eigenvalue weighted by Crippen LogP contribution is 2.25. The highest BCUT2D eigenvalue weighted by atomic mass is 16.5. The summed E-state index contributed by atoms with van der Waals surface area (Å²) in [6, 6.07) is 12.3. The Balaban J connectivity index is 1.55. The molecule has 2 aromatic heterocycles. The first-order chi connectivity index (χ1) is 15.1. The number of benzene rings is 1. The van der Waals surface area contributed by atoms with Crippen molar-refractivity contribution in [2.24, 2.45) is 0 Å². The third-order valence-electron chi connectivity index (χ3n) is 5.31. The number of morpholine rings is 1. The molecule has 0 saturated carbocycles.